The lowest BCUT2D eigenvalue weighted by atomic mass is 9.70. The maximum absolute atomic E-state index is 4.11. The van der Waals surface area contributed by atoms with Crippen LogP contribution in [0.4, 0.5) is 17.1 Å². The number of hydrogen-bond donors (Lipinski definition) is 0. The topological polar surface area (TPSA) is 8.17 Å². The second-order valence-electron chi connectivity index (χ2n) is 32.4. The zero-order valence-electron chi connectivity index (χ0n) is 64.9. The molecule has 3 aliphatic carbocycles. The number of anilines is 3. The largest absolute Gasteiger partial charge is 0.310 e. The van der Waals surface area contributed by atoms with Gasteiger partial charge in [0.15, 0.2) is 0 Å². The SMILES string of the molecule is CCCCCCCCC1(CCCCCCCC)c2cc(Br)ccc2-c2ccc(N(c3ccc4c(c3)C(CCCCCCCC)(CCCCCCCC)c3cc(Br)ccc3-4)c3ccc4c(c3)C(CCCCCCCC)(CCCCCCCC)c3cc(-n5c6ccccc6c6ccccc65)ccc3-4)cc21. The maximum Gasteiger partial charge on any atom is 0.0541 e. The molecular weight excluding hydrogens is 1380 g/mol. The fourth-order valence-corrected chi connectivity index (χ4v) is 20.5. The summed E-state index contributed by atoms with van der Waals surface area (Å²) in [5, 5.41) is 2.65. The number of rotatable bonds is 46. The Kier molecular flexibility index (Phi) is 28.2. The number of hydrogen-bond acceptors (Lipinski definition) is 1. The minimum Gasteiger partial charge on any atom is -0.310 e. The quantitative estimate of drug-likeness (QED) is 0.0345. The van der Waals surface area contributed by atoms with Crippen molar-refractivity contribution in [2.24, 2.45) is 0 Å². The van der Waals surface area contributed by atoms with E-state index in [0.717, 1.165) is 12.8 Å². The first kappa shape index (κ1) is 77.0. The summed E-state index contributed by atoms with van der Waals surface area (Å²) in [5.74, 6) is 0. The molecule has 9 aromatic rings. The molecule has 0 amide bonds. The first-order valence-corrected chi connectivity index (χ1v) is 44.3. The molecule has 12 rings (SSSR count). The Labute approximate surface area is 642 Å². The van der Waals surface area contributed by atoms with Crippen LogP contribution in [0.2, 0.25) is 0 Å². The summed E-state index contributed by atoms with van der Waals surface area (Å²) in [7, 11) is 0. The number of para-hydroxylation sites is 2. The van der Waals surface area contributed by atoms with E-state index in [9.17, 15) is 0 Å². The first-order chi connectivity index (χ1) is 50.7. The van der Waals surface area contributed by atoms with Crippen LogP contribution in [-0.4, -0.2) is 4.57 Å². The zero-order chi connectivity index (χ0) is 71.4. The van der Waals surface area contributed by atoms with E-state index < -0.39 is 0 Å². The van der Waals surface area contributed by atoms with Gasteiger partial charge in [-0.05, 0) is 190 Å². The fourth-order valence-electron chi connectivity index (χ4n) is 19.8. The number of halogens is 2. The molecule has 0 unspecified atom stereocenters. The smallest absolute Gasteiger partial charge is 0.0541 e. The van der Waals surface area contributed by atoms with E-state index in [4.69, 9.17) is 0 Å². The molecular formula is C99H128Br2N2. The molecule has 0 atom stereocenters. The molecule has 1 heterocycles. The highest BCUT2D eigenvalue weighted by atomic mass is 79.9. The molecule has 0 radical (unpaired) electrons. The van der Waals surface area contributed by atoms with Crippen molar-refractivity contribution >= 4 is 70.7 Å². The molecule has 0 aliphatic heterocycles. The Morgan fingerprint density at radius 1 is 0.252 bits per heavy atom. The van der Waals surface area contributed by atoms with Gasteiger partial charge >= 0.3 is 0 Å². The van der Waals surface area contributed by atoms with Crippen molar-refractivity contribution in [1.82, 2.24) is 4.57 Å². The third kappa shape index (κ3) is 17.0. The van der Waals surface area contributed by atoms with Crippen LogP contribution in [0.3, 0.4) is 0 Å². The van der Waals surface area contributed by atoms with Gasteiger partial charge in [0.1, 0.15) is 0 Å². The molecule has 4 heteroatoms. The summed E-state index contributed by atoms with van der Waals surface area (Å²) < 4.78 is 5.01. The molecule has 0 spiro atoms. The van der Waals surface area contributed by atoms with Gasteiger partial charge in [-0.3, -0.25) is 0 Å². The summed E-state index contributed by atoms with van der Waals surface area (Å²) in [5.41, 5.74) is 25.5. The highest BCUT2D eigenvalue weighted by Crippen LogP contribution is 2.61. The third-order valence-electron chi connectivity index (χ3n) is 25.3. The lowest BCUT2D eigenvalue weighted by molar-refractivity contribution is 0.397. The van der Waals surface area contributed by atoms with Crippen molar-refractivity contribution in [3.63, 3.8) is 0 Å². The lowest BCUT2D eigenvalue weighted by Gasteiger charge is -2.36. The molecule has 8 aromatic carbocycles. The van der Waals surface area contributed by atoms with Crippen LogP contribution in [0.15, 0.2) is 167 Å². The maximum atomic E-state index is 4.11. The second-order valence-corrected chi connectivity index (χ2v) is 34.2. The summed E-state index contributed by atoms with van der Waals surface area (Å²) >= 11 is 8.22. The third-order valence-corrected chi connectivity index (χ3v) is 26.3. The van der Waals surface area contributed by atoms with Crippen LogP contribution in [-0.2, 0) is 16.2 Å². The van der Waals surface area contributed by atoms with E-state index in [0.29, 0.717) is 0 Å². The summed E-state index contributed by atoms with van der Waals surface area (Å²) in [4.78, 5) is 2.81. The molecule has 0 saturated carbocycles. The normalized spacial score (nSPS) is 14.1. The van der Waals surface area contributed by atoms with Gasteiger partial charge < -0.3 is 9.47 Å². The van der Waals surface area contributed by atoms with Crippen LogP contribution < -0.4 is 4.90 Å². The molecule has 0 bridgehead atoms. The van der Waals surface area contributed by atoms with Gasteiger partial charge in [0.2, 0.25) is 0 Å². The number of nitrogens with zero attached hydrogens (tertiary/aromatic N) is 2. The molecule has 0 N–H and O–H groups in total. The van der Waals surface area contributed by atoms with Crippen molar-refractivity contribution in [2.75, 3.05) is 4.90 Å². The van der Waals surface area contributed by atoms with Gasteiger partial charge in [-0.2, -0.15) is 0 Å². The number of unbranched alkanes of at least 4 members (excludes halogenated alkanes) is 30. The van der Waals surface area contributed by atoms with Crippen LogP contribution in [0, 0.1) is 0 Å². The minimum atomic E-state index is -0.163. The van der Waals surface area contributed by atoms with Crippen molar-refractivity contribution in [2.45, 2.75) is 327 Å². The van der Waals surface area contributed by atoms with Gasteiger partial charge in [0, 0.05) is 58.7 Å². The predicted octanol–water partition coefficient (Wildman–Crippen LogP) is 33.1. The zero-order valence-corrected chi connectivity index (χ0v) is 68.0. The number of aromatic nitrogens is 1. The van der Waals surface area contributed by atoms with Crippen LogP contribution in [0.5, 0.6) is 0 Å². The van der Waals surface area contributed by atoms with E-state index in [-0.39, 0.29) is 16.2 Å². The number of fused-ring (bicyclic) bond motifs is 12. The fraction of sp³-hybridized carbons (Fsp3) is 0.515. The van der Waals surface area contributed by atoms with Crippen molar-refractivity contribution in [1.29, 1.82) is 0 Å². The summed E-state index contributed by atoms with van der Waals surface area (Å²) in [6.45, 7) is 14.2. The minimum absolute atomic E-state index is 0.0842. The van der Waals surface area contributed by atoms with E-state index in [1.54, 1.807) is 33.4 Å². The predicted molar refractivity (Wildman–Crippen MR) is 457 cm³/mol. The van der Waals surface area contributed by atoms with Crippen LogP contribution >= 0.6 is 31.9 Å². The van der Waals surface area contributed by atoms with Gasteiger partial charge in [-0.1, -0.05) is 377 Å². The summed E-state index contributed by atoms with van der Waals surface area (Å²) in [6, 6.07) is 64.6. The Morgan fingerprint density at radius 3 is 0.796 bits per heavy atom. The highest BCUT2D eigenvalue weighted by molar-refractivity contribution is 9.10. The van der Waals surface area contributed by atoms with E-state index >= 15 is 0 Å². The van der Waals surface area contributed by atoms with Gasteiger partial charge in [-0.25, -0.2) is 0 Å². The highest BCUT2D eigenvalue weighted by Gasteiger charge is 2.47. The average molecular weight is 1510 g/mol. The second kappa shape index (κ2) is 37.7. The Morgan fingerprint density at radius 2 is 0.495 bits per heavy atom. The Bertz CT molecular complexity index is 3940. The van der Waals surface area contributed by atoms with Gasteiger partial charge in [0.25, 0.3) is 0 Å². The van der Waals surface area contributed by atoms with Crippen molar-refractivity contribution in [3.8, 4) is 39.1 Å². The van der Waals surface area contributed by atoms with E-state index in [2.05, 4.69) is 241 Å². The van der Waals surface area contributed by atoms with Crippen molar-refractivity contribution < 1.29 is 0 Å². The Balaban J connectivity index is 1.07. The number of benzene rings is 8. The molecule has 1 aromatic heterocycles. The first-order valence-electron chi connectivity index (χ1n) is 42.7. The lowest BCUT2D eigenvalue weighted by Crippen LogP contribution is -2.27. The Hall–Kier alpha value is -5.68. The van der Waals surface area contributed by atoms with E-state index in [1.807, 2.05) is 0 Å². The molecule has 548 valence electrons. The summed E-state index contributed by atoms with van der Waals surface area (Å²) in [6.07, 6.45) is 53.9. The van der Waals surface area contributed by atoms with Gasteiger partial charge in [-0.15, -0.1) is 0 Å². The van der Waals surface area contributed by atoms with E-state index in [1.165, 1.54) is 344 Å². The standard InChI is InChI=1S/C99H128Br2N2/c1-7-13-19-25-31-41-63-97(64-42-32-26-20-14-8-2)89-69-75(100)51-57-81(89)83-59-53-77(71-91(83)97)102(78-54-60-84-82-58-52-76(101)70-90(82)98(92(84)72-78,65-43-33-27-21-15-9-3)66-44-34-28-22-16-10-4)79-55-61-85-86-62-56-80(103-95-49-39-37-47-87(95)88-48-38-40-50-96(88)103)74-94(86)99(93(85)73-79,67-45-35-29-23-17-11-5)68-46-36-30-24-18-12-6/h37-40,47-62,69-74H,7-36,41-46,63-68H2,1-6H3. The molecule has 3 aliphatic rings. The molecule has 103 heavy (non-hydrogen) atoms. The van der Waals surface area contributed by atoms with Crippen LogP contribution in [0.25, 0.3) is 60.9 Å². The average Bonchev–Trinajstić information content (AvgIpc) is 1.57. The molecule has 2 nitrogen and oxygen atoms in total. The van der Waals surface area contributed by atoms with Gasteiger partial charge in [0.05, 0.1) is 11.0 Å². The molecule has 0 fully saturated rings. The monoisotopic (exact) mass is 1500 g/mol. The molecule has 0 saturated heterocycles. The van der Waals surface area contributed by atoms with Crippen molar-refractivity contribution in [3.05, 3.63) is 200 Å². The van der Waals surface area contributed by atoms with Crippen LogP contribution in [0.1, 0.15) is 345 Å².